The molecule has 0 saturated heterocycles. The van der Waals surface area contributed by atoms with E-state index in [0.717, 1.165) is 5.56 Å². The third-order valence-electron chi connectivity index (χ3n) is 3.35. The first kappa shape index (κ1) is 19.1. The standard InChI is InChI=1S/C16H25N3O4/c1-10(2)14(19-23-4)16(22)17-11(3)15(21)18-13-7-5-12(9-20)6-8-13/h5-8,10-11,14,19-20H,9H2,1-4H3,(H,17,22)(H,18,21)/t11-,14-/m0/s1. The van der Waals surface area contributed by atoms with E-state index in [1.807, 2.05) is 13.8 Å². The number of aliphatic hydroxyl groups excluding tert-OH is 1. The van der Waals surface area contributed by atoms with Crippen molar-refractivity contribution in [2.75, 3.05) is 12.4 Å². The van der Waals surface area contributed by atoms with Crippen LogP contribution in [0.15, 0.2) is 24.3 Å². The molecule has 0 bridgehead atoms. The second-order valence-electron chi connectivity index (χ2n) is 5.62. The third kappa shape index (κ3) is 5.97. The van der Waals surface area contributed by atoms with Crippen molar-refractivity contribution < 1.29 is 19.5 Å². The van der Waals surface area contributed by atoms with E-state index in [1.54, 1.807) is 31.2 Å². The zero-order valence-electron chi connectivity index (χ0n) is 13.9. The van der Waals surface area contributed by atoms with Crippen molar-refractivity contribution in [1.29, 1.82) is 0 Å². The number of aliphatic hydroxyl groups is 1. The number of rotatable bonds is 8. The fraction of sp³-hybridized carbons (Fsp3) is 0.500. The Bertz CT molecular complexity index is 517. The molecule has 0 aliphatic carbocycles. The summed E-state index contributed by atoms with van der Waals surface area (Å²) in [6, 6.07) is 5.59. The highest BCUT2D eigenvalue weighted by Crippen LogP contribution is 2.10. The average Bonchev–Trinajstić information content (AvgIpc) is 2.52. The molecule has 7 heteroatoms. The van der Waals surface area contributed by atoms with Crippen molar-refractivity contribution in [2.24, 2.45) is 5.92 Å². The normalized spacial score (nSPS) is 13.5. The van der Waals surface area contributed by atoms with Gasteiger partial charge in [0.05, 0.1) is 13.7 Å². The monoisotopic (exact) mass is 323 g/mol. The SMILES string of the molecule is CON[C@H](C(=O)N[C@@H](C)C(=O)Nc1ccc(CO)cc1)C(C)C. The highest BCUT2D eigenvalue weighted by Gasteiger charge is 2.25. The maximum atomic E-state index is 12.2. The lowest BCUT2D eigenvalue weighted by Gasteiger charge is -2.22. The highest BCUT2D eigenvalue weighted by molar-refractivity contribution is 5.97. The zero-order chi connectivity index (χ0) is 17.4. The third-order valence-corrected chi connectivity index (χ3v) is 3.35. The molecule has 4 N–H and O–H groups in total. The van der Waals surface area contributed by atoms with Crippen LogP contribution in [-0.4, -0.2) is 36.1 Å². The Kier molecular flexibility index (Phi) is 7.67. The maximum absolute atomic E-state index is 12.2. The van der Waals surface area contributed by atoms with Gasteiger partial charge in [0, 0.05) is 5.69 Å². The molecule has 1 rings (SSSR count). The van der Waals surface area contributed by atoms with E-state index < -0.39 is 12.1 Å². The van der Waals surface area contributed by atoms with Crippen molar-refractivity contribution in [3.63, 3.8) is 0 Å². The number of benzene rings is 1. The topological polar surface area (TPSA) is 99.7 Å². The van der Waals surface area contributed by atoms with Crippen LogP contribution in [0.5, 0.6) is 0 Å². The molecule has 0 aromatic heterocycles. The van der Waals surface area contributed by atoms with Crippen LogP contribution in [0.3, 0.4) is 0 Å². The molecule has 7 nitrogen and oxygen atoms in total. The van der Waals surface area contributed by atoms with Crippen LogP contribution in [0.2, 0.25) is 0 Å². The zero-order valence-corrected chi connectivity index (χ0v) is 13.9. The molecule has 0 saturated carbocycles. The molecule has 0 spiro atoms. The van der Waals surface area contributed by atoms with E-state index in [2.05, 4.69) is 16.1 Å². The van der Waals surface area contributed by atoms with E-state index in [4.69, 9.17) is 9.94 Å². The summed E-state index contributed by atoms with van der Waals surface area (Å²) in [6.45, 7) is 5.32. The fourth-order valence-electron chi connectivity index (χ4n) is 1.93. The number of hydroxylamine groups is 1. The first-order valence-corrected chi connectivity index (χ1v) is 7.48. The molecular weight excluding hydrogens is 298 g/mol. The van der Waals surface area contributed by atoms with Crippen molar-refractivity contribution in [3.8, 4) is 0 Å². The number of hydrogen-bond acceptors (Lipinski definition) is 5. The number of carbonyl (C=O) groups excluding carboxylic acids is 2. The summed E-state index contributed by atoms with van der Waals surface area (Å²) in [5.74, 6) is -0.619. The lowest BCUT2D eigenvalue weighted by Crippen LogP contribution is -2.52. The van der Waals surface area contributed by atoms with Gasteiger partial charge >= 0.3 is 0 Å². The van der Waals surface area contributed by atoms with E-state index >= 15 is 0 Å². The molecule has 2 amide bonds. The molecule has 0 fully saturated rings. The number of hydrogen-bond donors (Lipinski definition) is 4. The van der Waals surface area contributed by atoms with E-state index in [-0.39, 0.29) is 24.3 Å². The van der Waals surface area contributed by atoms with Crippen LogP contribution < -0.4 is 16.1 Å². The van der Waals surface area contributed by atoms with Crippen molar-refractivity contribution in [1.82, 2.24) is 10.8 Å². The molecule has 0 unspecified atom stereocenters. The Morgan fingerprint density at radius 1 is 1.13 bits per heavy atom. The van der Waals surface area contributed by atoms with E-state index in [0.29, 0.717) is 5.69 Å². The van der Waals surface area contributed by atoms with Gasteiger partial charge in [0.1, 0.15) is 12.1 Å². The van der Waals surface area contributed by atoms with Gasteiger partial charge in [-0.2, -0.15) is 5.48 Å². The molecular formula is C16H25N3O4. The largest absolute Gasteiger partial charge is 0.392 e. The van der Waals surface area contributed by atoms with Crippen LogP contribution in [0.1, 0.15) is 26.3 Å². The summed E-state index contributed by atoms with van der Waals surface area (Å²) < 4.78 is 0. The minimum absolute atomic E-state index is 0.0104. The number of carbonyl (C=O) groups is 2. The van der Waals surface area contributed by atoms with Gasteiger partial charge in [0.2, 0.25) is 11.8 Å². The van der Waals surface area contributed by atoms with E-state index in [9.17, 15) is 9.59 Å². The second kappa shape index (κ2) is 9.24. The summed E-state index contributed by atoms with van der Waals surface area (Å²) in [5, 5.41) is 14.4. The maximum Gasteiger partial charge on any atom is 0.246 e. The quantitative estimate of drug-likeness (QED) is 0.530. The molecule has 1 aromatic rings. The molecule has 0 heterocycles. The minimum atomic E-state index is -0.695. The molecule has 128 valence electrons. The highest BCUT2D eigenvalue weighted by atomic mass is 16.6. The number of nitrogens with one attached hydrogen (secondary N) is 3. The summed E-state index contributed by atoms with van der Waals surface area (Å²) in [5.41, 5.74) is 3.98. The predicted molar refractivity (Wildman–Crippen MR) is 87.4 cm³/mol. The van der Waals surface area contributed by atoms with Gasteiger partial charge in [-0.05, 0) is 30.5 Å². The first-order valence-electron chi connectivity index (χ1n) is 7.48. The van der Waals surface area contributed by atoms with Gasteiger partial charge in [0.15, 0.2) is 0 Å². The summed E-state index contributed by atoms with van der Waals surface area (Å²) >= 11 is 0. The van der Waals surface area contributed by atoms with Crippen LogP contribution in [-0.2, 0) is 21.0 Å². The Hall–Kier alpha value is -1.96. The van der Waals surface area contributed by atoms with E-state index in [1.165, 1.54) is 7.11 Å². The number of anilines is 1. The van der Waals surface area contributed by atoms with Crippen LogP contribution in [0.4, 0.5) is 5.69 Å². The molecule has 2 atom stereocenters. The van der Waals surface area contributed by atoms with Crippen LogP contribution in [0.25, 0.3) is 0 Å². The van der Waals surface area contributed by atoms with Gasteiger partial charge in [-0.3, -0.25) is 9.59 Å². The number of amides is 2. The molecule has 1 aromatic carbocycles. The summed E-state index contributed by atoms with van der Waals surface area (Å²) in [6.07, 6.45) is 0. The fourth-order valence-corrected chi connectivity index (χ4v) is 1.93. The second-order valence-corrected chi connectivity index (χ2v) is 5.62. The lowest BCUT2D eigenvalue weighted by molar-refractivity contribution is -0.131. The smallest absolute Gasteiger partial charge is 0.246 e. The van der Waals surface area contributed by atoms with Gasteiger partial charge in [-0.1, -0.05) is 26.0 Å². The molecule has 0 aliphatic heterocycles. The van der Waals surface area contributed by atoms with Crippen molar-refractivity contribution >= 4 is 17.5 Å². The van der Waals surface area contributed by atoms with Crippen LogP contribution >= 0.6 is 0 Å². The Morgan fingerprint density at radius 2 is 1.74 bits per heavy atom. The van der Waals surface area contributed by atoms with Gasteiger partial charge in [-0.25, -0.2) is 0 Å². The van der Waals surface area contributed by atoms with Gasteiger partial charge < -0.3 is 20.6 Å². The van der Waals surface area contributed by atoms with Gasteiger partial charge in [0.25, 0.3) is 0 Å². The Morgan fingerprint density at radius 3 is 2.22 bits per heavy atom. The molecule has 0 aliphatic rings. The molecule has 23 heavy (non-hydrogen) atoms. The Labute approximate surface area is 136 Å². The summed E-state index contributed by atoms with van der Waals surface area (Å²) in [7, 11) is 1.44. The summed E-state index contributed by atoms with van der Waals surface area (Å²) in [4.78, 5) is 29.1. The first-order chi connectivity index (χ1) is 10.9. The van der Waals surface area contributed by atoms with Crippen LogP contribution in [0, 0.1) is 5.92 Å². The van der Waals surface area contributed by atoms with Gasteiger partial charge in [-0.15, -0.1) is 0 Å². The Balaban J connectivity index is 2.59. The minimum Gasteiger partial charge on any atom is -0.392 e. The van der Waals surface area contributed by atoms with Crippen molar-refractivity contribution in [2.45, 2.75) is 39.5 Å². The molecule has 0 radical (unpaired) electrons. The lowest BCUT2D eigenvalue weighted by atomic mass is 10.0. The average molecular weight is 323 g/mol. The predicted octanol–water partition coefficient (Wildman–Crippen LogP) is 0.798. The van der Waals surface area contributed by atoms with Crippen molar-refractivity contribution in [3.05, 3.63) is 29.8 Å².